The second kappa shape index (κ2) is 8.59. The molecule has 118 valence electrons. The molecule has 21 heavy (non-hydrogen) atoms. The van der Waals surface area contributed by atoms with Gasteiger partial charge in [0.15, 0.2) is 0 Å². The zero-order valence-corrected chi connectivity index (χ0v) is 13.8. The highest BCUT2D eigenvalue weighted by molar-refractivity contribution is 6.31. The van der Waals surface area contributed by atoms with Crippen molar-refractivity contribution in [2.45, 2.75) is 31.8 Å². The predicted octanol–water partition coefficient (Wildman–Crippen LogP) is 2.36. The minimum absolute atomic E-state index is 0. The van der Waals surface area contributed by atoms with Crippen LogP contribution in [0.2, 0.25) is 5.02 Å². The molecule has 0 spiro atoms. The Labute approximate surface area is 137 Å². The molecule has 1 unspecified atom stereocenters. The molecule has 1 aliphatic rings. The first-order chi connectivity index (χ1) is 9.56. The lowest BCUT2D eigenvalue weighted by Crippen LogP contribution is -2.44. The van der Waals surface area contributed by atoms with Crippen LogP contribution in [0, 0.1) is 0 Å². The number of halogens is 2. The maximum atomic E-state index is 12.1. The molecular formula is C15H23Cl2N3O. The summed E-state index contributed by atoms with van der Waals surface area (Å²) in [7, 11) is 0. The van der Waals surface area contributed by atoms with Crippen molar-refractivity contribution >= 4 is 29.9 Å². The number of hydrogen-bond donors (Lipinski definition) is 2. The van der Waals surface area contributed by atoms with Gasteiger partial charge in [-0.2, -0.15) is 0 Å². The lowest BCUT2D eigenvalue weighted by molar-refractivity contribution is -0.123. The molecule has 0 aliphatic carbocycles. The summed E-state index contributed by atoms with van der Waals surface area (Å²) >= 11 is 6.13. The highest BCUT2D eigenvalue weighted by atomic mass is 35.5. The molecule has 1 aliphatic heterocycles. The number of rotatable bonds is 4. The fraction of sp³-hybridized carbons (Fsp3) is 0.533. The maximum Gasteiger partial charge on any atom is 0.234 e. The summed E-state index contributed by atoms with van der Waals surface area (Å²) in [5, 5.41) is 3.68. The van der Waals surface area contributed by atoms with Gasteiger partial charge < -0.3 is 11.1 Å². The molecule has 1 saturated heterocycles. The number of hydrogen-bond acceptors (Lipinski definition) is 3. The normalized spacial score (nSPS) is 17.9. The first kappa shape index (κ1) is 18.2. The van der Waals surface area contributed by atoms with Crippen LogP contribution in [0.25, 0.3) is 0 Å². The number of likely N-dealkylation sites (tertiary alicyclic amines) is 1. The third kappa shape index (κ3) is 5.47. The smallest absolute Gasteiger partial charge is 0.234 e. The maximum absolute atomic E-state index is 12.1. The number of carbonyl (C=O) groups is 1. The second-order valence-corrected chi connectivity index (χ2v) is 5.83. The Morgan fingerprint density at radius 1 is 1.43 bits per heavy atom. The van der Waals surface area contributed by atoms with Gasteiger partial charge >= 0.3 is 0 Å². The van der Waals surface area contributed by atoms with E-state index in [9.17, 15) is 4.79 Å². The zero-order valence-electron chi connectivity index (χ0n) is 12.2. The van der Waals surface area contributed by atoms with E-state index in [1.807, 2.05) is 31.2 Å². The minimum Gasteiger partial charge on any atom is -0.348 e. The summed E-state index contributed by atoms with van der Waals surface area (Å²) in [5.74, 6) is 0.0351. The zero-order chi connectivity index (χ0) is 14.5. The molecule has 1 aromatic carbocycles. The van der Waals surface area contributed by atoms with Crippen molar-refractivity contribution in [1.29, 1.82) is 0 Å². The molecule has 1 amide bonds. The summed E-state index contributed by atoms with van der Waals surface area (Å²) in [4.78, 5) is 14.2. The molecule has 0 radical (unpaired) electrons. The number of amides is 1. The van der Waals surface area contributed by atoms with Gasteiger partial charge in [0.1, 0.15) is 0 Å². The van der Waals surface area contributed by atoms with Crippen LogP contribution in [0.3, 0.4) is 0 Å². The molecule has 6 heteroatoms. The quantitative estimate of drug-likeness (QED) is 0.890. The number of nitrogens with two attached hydrogens (primary N) is 1. The Morgan fingerprint density at radius 2 is 2.05 bits per heavy atom. The molecule has 1 fully saturated rings. The monoisotopic (exact) mass is 331 g/mol. The van der Waals surface area contributed by atoms with Crippen molar-refractivity contribution in [2.24, 2.45) is 5.73 Å². The van der Waals surface area contributed by atoms with Crippen LogP contribution in [-0.4, -0.2) is 36.5 Å². The Morgan fingerprint density at radius 3 is 2.67 bits per heavy atom. The molecule has 0 aromatic heterocycles. The van der Waals surface area contributed by atoms with Crippen LogP contribution < -0.4 is 11.1 Å². The standard InChI is InChI=1S/C15H22ClN3O.ClH/c1-11(13-4-2-3-5-14(13)16)18-15(20)10-19-8-6-12(17)7-9-19;/h2-5,11-12H,6-10,17H2,1H3,(H,18,20);1H. The van der Waals surface area contributed by atoms with E-state index in [1.165, 1.54) is 0 Å². The van der Waals surface area contributed by atoms with Gasteiger partial charge in [0.2, 0.25) is 5.91 Å². The van der Waals surface area contributed by atoms with E-state index in [2.05, 4.69) is 10.2 Å². The van der Waals surface area contributed by atoms with Crippen molar-refractivity contribution in [3.05, 3.63) is 34.9 Å². The van der Waals surface area contributed by atoms with Crippen molar-refractivity contribution in [1.82, 2.24) is 10.2 Å². The summed E-state index contributed by atoms with van der Waals surface area (Å²) in [6.07, 6.45) is 1.93. The van der Waals surface area contributed by atoms with Crippen LogP contribution in [0.1, 0.15) is 31.4 Å². The minimum atomic E-state index is -0.0803. The fourth-order valence-corrected chi connectivity index (χ4v) is 2.80. The molecule has 3 N–H and O–H groups in total. The van der Waals surface area contributed by atoms with E-state index in [1.54, 1.807) is 0 Å². The average Bonchev–Trinajstić information content (AvgIpc) is 2.41. The van der Waals surface area contributed by atoms with Crippen LogP contribution in [0.4, 0.5) is 0 Å². The SMILES string of the molecule is CC(NC(=O)CN1CCC(N)CC1)c1ccccc1Cl.Cl. The summed E-state index contributed by atoms with van der Waals surface area (Å²) in [5.41, 5.74) is 6.81. The summed E-state index contributed by atoms with van der Waals surface area (Å²) in [6.45, 7) is 4.18. The topological polar surface area (TPSA) is 58.4 Å². The van der Waals surface area contributed by atoms with Crippen LogP contribution >= 0.6 is 24.0 Å². The average molecular weight is 332 g/mol. The second-order valence-electron chi connectivity index (χ2n) is 5.42. The lowest BCUT2D eigenvalue weighted by Gasteiger charge is -2.29. The Bertz CT molecular complexity index is 462. The number of benzene rings is 1. The van der Waals surface area contributed by atoms with Crippen molar-refractivity contribution in [3.63, 3.8) is 0 Å². The van der Waals surface area contributed by atoms with E-state index in [0.717, 1.165) is 31.5 Å². The van der Waals surface area contributed by atoms with Gasteiger partial charge in [0.25, 0.3) is 0 Å². The van der Waals surface area contributed by atoms with Crippen molar-refractivity contribution in [3.8, 4) is 0 Å². The Hall–Kier alpha value is -0.810. The van der Waals surface area contributed by atoms with Gasteiger partial charge in [-0.25, -0.2) is 0 Å². The van der Waals surface area contributed by atoms with Crippen molar-refractivity contribution < 1.29 is 4.79 Å². The van der Waals surface area contributed by atoms with Gasteiger partial charge in [-0.1, -0.05) is 29.8 Å². The van der Waals surface area contributed by atoms with E-state index < -0.39 is 0 Å². The number of carbonyl (C=O) groups excluding carboxylic acids is 1. The van der Waals surface area contributed by atoms with Gasteiger partial charge in [-0.15, -0.1) is 12.4 Å². The summed E-state index contributed by atoms with van der Waals surface area (Å²) < 4.78 is 0. The highest BCUT2D eigenvalue weighted by Gasteiger charge is 2.19. The van der Waals surface area contributed by atoms with E-state index in [0.29, 0.717) is 11.6 Å². The first-order valence-electron chi connectivity index (χ1n) is 7.08. The van der Waals surface area contributed by atoms with Crippen molar-refractivity contribution in [2.75, 3.05) is 19.6 Å². The first-order valence-corrected chi connectivity index (χ1v) is 7.46. The highest BCUT2D eigenvalue weighted by Crippen LogP contribution is 2.22. The van der Waals surface area contributed by atoms with Gasteiger partial charge in [0.05, 0.1) is 12.6 Å². The predicted molar refractivity (Wildman–Crippen MR) is 88.9 cm³/mol. The van der Waals surface area contributed by atoms with Crippen LogP contribution in [0.5, 0.6) is 0 Å². The summed E-state index contributed by atoms with van der Waals surface area (Å²) in [6, 6.07) is 7.80. The van der Waals surface area contributed by atoms with E-state index in [-0.39, 0.29) is 30.4 Å². The third-order valence-electron chi connectivity index (χ3n) is 3.75. The number of nitrogens with one attached hydrogen (secondary N) is 1. The van der Waals surface area contributed by atoms with Gasteiger partial charge in [0, 0.05) is 24.2 Å². The van der Waals surface area contributed by atoms with E-state index in [4.69, 9.17) is 17.3 Å². The largest absolute Gasteiger partial charge is 0.348 e. The van der Waals surface area contributed by atoms with Gasteiger partial charge in [-0.05, 0) is 31.4 Å². The number of piperidine rings is 1. The Kier molecular flexibility index (Phi) is 7.46. The molecule has 0 bridgehead atoms. The molecule has 1 heterocycles. The molecule has 1 atom stereocenters. The van der Waals surface area contributed by atoms with Crippen LogP contribution in [0.15, 0.2) is 24.3 Å². The van der Waals surface area contributed by atoms with E-state index >= 15 is 0 Å². The van der Waals surface area contributed by atoms with Crippen LogP contribution in [-0.2, 0) is 4.79 Å². The lowest BCUT2D eigenvalue weighted by atomic mass is 10.1. The molecule has 0 saturated carbocycles. The molecule has 2 rings (SSSR count). The number of nitrogens with zero attached hydrogens (tertiary/aromatic N) is 1. The molecular weight excluding hydrogens is 309 g/mol. The fourth-order valence-electron chi connectivity index (χ4n) is 2.51. The molecule has 1 aromatic rings. The van der Waals surface area contributed by atoms with Gasteiger partial charge in [-0.3, -0.25) is 9.69 Å². The third-order valence-corrected chi connectivity index (χ3v) is 4.09. The Balaban J connectivity index is 0.00000220. The molecule has 4 nitrogen and oxygen atoms in total.